The summed E-state index contributed by atoms with van der Waals surface area (Å²) >= 11 is 1.88. The maximum absolute atomic E-state index is 5.15. The monoisotopic (exact) mass is 669 g/mol. The zero-order valence-electron chi connectivity index (χ0n) is 27.2. The minimum Gasteiger partial charge on any atom is -0.309 e. The number of para-hydroxylation sites is 2. The Labute approximate surface area is 296 Å². The molecule has 7 aromatic carbocycles. The molecule has 0 spiro atoms. The molecule has 0 unspecified atom stereocenters. The number of hydrogen-bond acceptors (Lipinski definition) is 4. The van der Waals surface area contributed by atoms with E-state index in [0.717, 1.165) is 38.6 Å². The van der Waals surface area contributed by atoms with Gasteiger partial charge in [-0.05, 0) is 36.4 Å². The molecule has 51 heavy (non-hydrogen) atoms. The van der Waals surface area contributed by atoms with E-state index in [4.69, 9.17) is 15.0 Å². The van der Waals surface area contributed by atoms with Crippen LogP contribution in [-0.2, 0) is 0 Å². The first-order chi connectivity index (χ1) is 25.3. The molecule has 0 N–H and O–H groups in total. The number of nitrogens with zero attached hydrogens (tertiary/aromatic N) is 5. The molecule has 0 radical (unpaired) electrons. The minimum absolute atomic E-state index is 0.584. The average Bonchev–Trinajstić information content (AvgIpc) is 3.86. The number of fused-ring (bicyclic) bond motifs is 10. The molecule has 0 aliphatic rings. The quantitative estimate of drug-likeness (QED) is 0.187. The zero-order valence-corrected chi connectivity index (χ0v) is 28.0. The fourth-order valence-corrected chi connectivity index (χ4v) is 8.98. The molecular formula is C45H27N5S. The first kappa shape index (κ1) is 28.2. The fraction of sp³-hybridized carbons (Fsp3) is 0. The third-order valence-corrected chi connectivity index (χ3v) is 11.2. The van der Waals surface area contributed by atoms with Crippen molar-refractivity contribution in [2.24, 2.45) is 0 Å². The van der Waals surface area contributed by atoms with E-state index in [1.807, 2.05) is 72.0 Å². The summed E-state index contributed by atoms with van der Waals surface area (Å²) in [5, 5.41) is 7.45. The van der Waals surface area contributed by atoms with Crippen LogP contribution in [0, 0.1) is 0 Å². The Kier molecular flexibility index (Phi) is 6.05. The van der Waals surface area contributed by atoms with E-state index >= 15 is 0 Å². The van der Waals surface area contributed by atoms with Crippen LogP contribution in [0.15, 0.2) is 164 Å². The van der Waals surface area contributed by atoms with Gasteiger partial charge in [-0.3, -0.25) is 4.57 Å². The Morgan fingerprint density at radius 3 is 1.69 bits per heavy atom. The molecule has 0 aliphatic carbocycles. The second kappa shape index (κ2) is 10.9. The van der Waals surface area contributed by atoms with Crippen molar-refractivity contribution < 1.29 is 0 Å². The van der Waals surface area contributed by atoms with Gasteiger partial charge in [0.25, 0.3) is 0 Å². The summed E-state index contributed by atoms with van der Waals surface area (Å²) in [5.41, 5.74) is 7.41. The molecule has 0 amide bonds. The Morgan fingerprint density at radius 1 is 0.392 bits per heavy atom. The van der Waals surface area contributed by atoms with Crippen molar-refractivity contribution in [3.63, 3.8) is 0 Å². The molecule has 11 aromatic rings. The Hall–Kier alpha value is -6.63. The molecule has 6 heteroatoms. The highest BCUT2D eigenvalue weighted by molar-refractivity contribution is 7.26. The summed E-state index contributed by atoms with van der Waals surface area (Å²) in [6.45, 7) is 0. The van der Waals surface area contributed by atoms with Crippen LogP contribution in [0.1, 0.15) is 0 Å². The molecule has 0 saturated carbocycles. The van der Waals surface area contributed by atoms with Crippen molar-refractivity contribution in [3.8, 4) is 34.4 Å². The topological polar surface area (TPSA) is 48.5 Å². The number of thiophene rings is 1. The average molecular weight is 670 g/mol. The molecule has 238 valence electrons. The van der Waals surface area contributed by atoms with Crippen LogP contribution in [0.4, 0.5) is 0 Å². The molecule has 0 bridgehead atoms. The first-order valence-corrected chi connectivity index (χ1v) is 17.9. The van der Waals surface area contributed by atoms with Gasteiger partial charge in [0, 0.05) is 58.5 Å². The summed E-state index contributed by atoms with van der Waals surface area (Å²) in [5.74, 6) is 1.85. The number of benzene rings is 7. The smallest absolute Gasteiger partial charge is 0.238 e. The van der Waals surface area contributed by atoms with E-state index in [1.165, 1.54) is 42.0 Å². The lowest BCUT2D eigenvalue weighted by Gasteiger charge is -2.12. The van der Waals surface area contributed by atoms with Crippen molar-refractivity contribution in [3.05, 3.63) is 164 Å². The third-order valence-electron chi connectivity index (χ3n) is 9.98. The lowest BCUT2D eigenvalue weighted by atomic mass is 10.1. The third kappa shape index (κ3) is 4.24. The van der Waals surface area contributed by atoms with Gasteiger partial charge in [-0.1, -0.05) is 127 Å². The number of aromatic nitrogens is 5. The highest BCUT2D eigenvalue weighted by Gasteiger charge is 2.21. The van der Waals surface area contributed by atoms with Gasteiger partial charge in [0.05, 0.1) is 22.1 Å². The Balaban J connectivity index is 1.21. The van der Waals surface area contributed by atoms with Gasteiger partial charge in [-0.15, -0.1) is 11.3 Å². The largest absolute Gasteiger partial charge is 0.309 e. The zero-order chi connectivity index (χ0) is 33.5. The Bertz CT molecular complexity index is 3080. The maximum atomic E-state index is 5.15. The summed E-state index contributed by atoms with van der Waals surface area (Å²) in [6, 6.07) is 57.7. The van der Waals surface area contributed by atoms with E-state index in [9.17, 15) is 0 Å². The Morgan fingerprint density at radius 2 is 0.961 bits per heavy atom. The highest BCUT2D eigenvalue weighted by Crippen LogP contribution is 2.44. The second-order valence-corrected chi connectivity index (χ2v) is 13.9. The van der Waals surface area contributed by atoms with Crippen LogP contribution in [0.3, 0.4) is 0 Å². The number of hydrogen-bond donors (Lipinski definition) is 0. The fourth-order valence-electron chi connectivity index (χ4n) is 7.72. The van der Waals surface area contributed by atoms with Gasteiger partial charge >= 0.3 is 0 Å². The standard InChI is InChI=1S/C45H27N5S/c1-3-13-28(14-4-1)43-46-44(29-15-5-2-6-16-29)48-45(47-43)50-36-20-10-7-17-31(36)32-24-23-30(27-39(32)50)49-37-21-11-8-19-35(37)41-38(49)26-25-34-33-18-9-12-22-40(33)51-42(34)41/h1-27H. The predicted molar refractivity (Wildman–Crippen MR) is 212 cm³/mol. The highest BCUT2D eigenvalue weighted by atomic mass is 32.1. The van der Waals surface area contributed by atoms with E-state index in [2.05, 4.69) is 112 Å². The molecule has 4 aromatic heterocycles. The van der Waals surface area contributed by atoms with E-state index < -0.39 is 0 Å². The van der Waals surface area contributed by atoms with E-state index in [0.29, 0.717) is 17.6 Å². The van der Waals surface area contributed by atoms with Crippen LogP contribution in [0.25, 0.3) is 98.2 Å². The normalized spacial score (nSPS) is 11.9. The lowest BCUT2D eigenvalue weighted by Crippen LogP contribution is -2.06. The molecular weight excluding hydrogens is 643 g/mol. The minimum atomic E-state index is 0.584. The summed E-state index contributed by atoms with van der Waals surface area (Å²) in [7, 11) is 0. The molecule has 11 rings (SSSR count). The van der Waals surface area contributed by atoms with Gasteiger partial charge < -0.3 is 4.57 Å². The summed E-state index contributed by atoms with van der Waals surface area (Å²) < 4.78 is 7.25. The molecule has 0 atom stereocenters. The number of rotatable bonds is 4. The molecule has 0 fully saturated rings. The van der Waals surface area contributed by atoms with Crippen molar-refractivity contribution in [1.82, 2.24) is 24.1 Å². The summed E-state index contributed by atoms with van der Waals surface area (Å²) in [6.07, 6.45) is 0. The van der Waals surface area contributed by atoms with Crippen molar-refractivity contribution in [1.29, 1.82) is 0 Å². The lowest BCUT2D eigenvalue weighted by molar-refractivity contribution is 0.953. The van der Waals surface area contributed by atoms with Crippen LogP contribution < -0.4 is 0 Å². The first-order valence-electron chi connectivity index (χ1n) is 17.0. The van der Waals surface area contributed by atoms with Gasteiger partial charge in [0.2, 0.25) is 5.95 Å². The van der Waals surface area contributed by atoms with E-state index in [-0.39, 0.29) is 0 Å². The predicted octanol–water partition coefficient (Wildman–Crippen LogP) is 11.8. The van der Waals surface area contributed by atoms with Gasteiger partial charge in [0.1, 0.15) is 0 Å². The molecule has 0 aliphatic heterocycles. The van der Waals surface area contributed by atoms with Crippen molar-refractivity contribution >= 4 is 75.1 Å². The van der Waals surface area contributed by atoms with Crippen molar-refractivity contribution in [2.75, 3.05) is 0 Å². The second-order valence-electron chi connectivity index (χ2n) is 12.9. The summed E-state index contributed by atoms with van der Waals surface area (Å²) in [4.78, 5) is 15.3. The van der Waals surface area contributed by atoms with Gasteiger partial charge in [-0.25, -0.2) is 4.98 Å². The molecule has 5 nitrogen and oxygen atoms in total. The van der Waals surface area contributed by atoms with Gasteiger partial charge in [0.15, 0.2) is 11.6 Å². The SMILES string of the molecule is c1ccc(-c2nc(-c3ccccc3)nc(-n3c4ccccc4c4ccc(-n5c6ccccc6c6c7sc8ccccc8c7ccc65)cc43)n2)cc1. The van der Waals surface area contributed by atoms with E-state index in [1.54, 1.807) is 0 Å². The molecule has 4 heterocycles. The van der Waals surface area contributed by atoms with Crippen LogP contribution in [-0.4, -0.2) is 24.1 Å². The van der Waals surface area contributed by atoms with Crippen LogP contribution in [0.5, 0.6) is 0 Å². The van der Waals surface area contributed by atoms with Crippen molar-refractivity contribution in [2.45, 2.75) is 0 Å². The van der Waals surface area contributed by atoms with Gasteiger partial charge in [-0.2, -0.15) is 9.97 Å². The van der Waals surface area contributed by atoms with Crippen LogP contribution >= 0.6 is 11.3 Å². The molecule has 0 saturated heterocycles. The van der Waals surface area contributed by atoms with Crippen LogP contribution in [0.2, 0.25) is 0 Å². The maximum Gasteiger partial charge on any atom is 0.238 e.